The number of ether oxygens (including phenoxy) is 1. The topological polar surface area (TPSA) is 21.3 Å². The molecule has 0 aliphatic carbocycles. The Hall–Kier alpha value is -1.87. The molecule has 0 spiro atoms. The molecule has 0 aliphatic rings. The summed E-state index contributed by atoms with van der Waals surface area (Å²) in [6.07, 6.45) is 0. The maximum absolute atomic E-state index is 13.4. The number of hydrogen-bond acceptors (Lipinski definition) is 2. The van der Waals surface area contributed by atoms with Gasteiger partial charge in [0.05, 0.1) is 0 Å². The molecule has 1 N–H and O–H groups in total. The molecule has 2 nitrogen and oxygen atoms in total. The quantitative estimate of drug-likeness (QED) is 0.871. The van der Waals surface area contributed by atoms with Gasteiger partial charge in [-0.15, -0.1) is 0 Å². The standard InChI is InChI=1S/C14H14FNO/c1-16-10-11-5-4-6-12(9-11)17-14-8-3-2-7-13(14)15/h2-9,16H,10H2,1H3. The van der Waals surface area contributed by atoms with Crippen LogP contribution in [0.15, 0.2) is 48.5 Å². The van der Waals surface area contributed by atoms with Crippen molar-refractivity contribution in [2.45, 2.75) is 6.54 Å². The van der Waals surface area contributed by atoms with Crippen LogP contribution in [0.3, 0.4) is 0 Å². The van der Waals surface area contributed by atoms with Gasteiger partial charge in [0.15, 0.2) is 11.6 Å². The van der Waals surface area contributed by atoms with Gasteiger partial charge in [0.2, 0.25) is 0 Å². The Morgan fingerprint density at radius 2 is 1.94 bits per heavy atom. The second kappa shape index (κ2) is 5.46. The SMILES string of the molecule is CNCc1cccc(Oc2ccccc2F)c1. The summed E-state index contributed by atoms with van der Waals surface area (Å²) in [5.41, 5.74) is 1.10. The van der Waals surface area contributed by atoms with Gasteiger partial charge in [0.1, 0.15) is 5.75 Å². The van der Waals surface area contributed by atoms with Crippen LogP contribution in [0.4, 0.5) is 4.39 Å². The summed E-state index contributed by atoms with van der Waals surface area (Å²) in [6, 6.07) is 14.0. The summed E-state index contributed by atoms with van der Waals surface area (Å²) < 4.78 is 18.9. The van der Waals surface area contributed by atoms with Crippen LogP contribution in [-0.4, -0.2) is 7.05 Å². The van der Waals surface area contributed by atoms with E-state index >= 15 is 0 Å². The molecular formula is C14H14FNO. The van der Waals surface area contributed by atoms with Crippen molar-refractivity contribution in [1.82, 2.24) is 5.32 Å². The third-order valence-electron chi connectivity index (χ3n) is 2.34. The average molecular weight is 231 g/mol. The van der Waals surface area contributed by atoms with Gasteiger partial charge in [-0.25, -0.2) is 4.39 Å². The number of benzene rings is 2. The fourth-order valence-electron chi connectivity index (χ4n) is 1.58. The van der Waals surface area contributed by atoms with Crippen molar-refractivity contribution in [2.24, 2.45) is 0 Å². The zero-order valence-corrected chi connectivity index (χ0v) is 9.61. The molecule has 3 heteroatoms. The van der Waals surface area contributed by atoms with Crippen LogP contribution in [0.1, 0.15) is 5.56 Å². The van der Waals surface area contributed by atoms with Gasteiger partial charge in [-0.3, -0.25) is 0 Å². The molecule has 0 heterocycles. The Balaban J connectivity index is 2.18. The predicted octanol–water partition coefficient (Wildman–Crippen LogP) is 3.34. The first kappa shape index (κ1) is 11.6. The van der Waals surface area contributed by atoms with Crippen molar-refractivity contribution >= 4 is 0 Å². The Morgan fingerprint density at radius 1 is 1.12 bits per heavy atom. The largest absolute Gasteiger partial charge is 0.454 e. The number of halogens is 1. The molecule has 0 bridgehead atoms. The van der Waals surface area contributed by atoms with Crippen LogP contribution >= 0.6 is 0 Å². The fraction of sp³-hybridized carbons (Fsp3) is 0.143. The molecule has 0 saturated heterocycles. The average Bonchev–Trinajstić information content (AvgIpc) is 2.33. The minimum Gasteiger partial charge on any atom is -0.454 e. The van der Waals surface area contributed by atoms with Gasteiger partial charge < -0.3 is 10.1 Å². The highest BCUT2D eigenvalue weighted by Crippen LogP contribution is 2.24. The fourth-order valence-corrected chi connectivity index (χ4v) is 1.58. The molecule has 0 unspecified atom stereocenters. The van der Waals surface area contributed by atoms with E-state index in [-0.39, 0.29) is 11.6 Å². The lowest BCUT2D eigenvalue weighted by molar-refractivity contribution is 0.441. The third-order valence-corrected chi connectivity index (χ3v) is 2.34. The van der Waals surface area contributed by atoms with E-state index in [2.05, 4.69) is 5.32 Å². The smallest absolute Gasteiger partial charge is 0.165 e. The third kappa shape index (κ3) is 3.04. The highest BCUT2D eigenvalue weighted by atomic mass is 19.1. The maximum atomic E-state index is 13.4. The van der Waals surface area contributed by atoms with Crippen LogP contribution < -0.4 is 10.1 Å². The second-order valence-electron chi connectivity index (χ2n) is 3.71. The van der Waals surface area contributed by atoms with Crippen molar-refractivity contribution in [3.8, 4) is 11.5 Å². The highest BCUT2D eigenvalue weighted by Gasteiger charge is 2.03. The molecule has 0 aromatic heterocycles. The van der Waals surface area contributed by atoms with Crippen LogP contribution in [0.25, 0.3) is 0 Å². The minimum atomic E-state index is -0.355. The molecule has 2 rings (SSSR count). The Kier molecular flexibility index (Phi) is 3.73. The number of para-hydroxylation sites is 1. The van der Waals surface area contributed by atoms with E-state index in [0.717, 1.165) is 12.1 Å². The number of nitrogens with one attached hydrogen (secondary N) is 1. The first-order valence-corrected chi connectivity index (χ1v) is 5.45. The van der Waals surface area contributed by atoms with E-state index in [1.807, 2.05) is 31.3 Å². The molecule has 0 atom stereocenters. The molecular weight excluding hydrogens is 217 g/mol. The summed E-state index contributed by atoms with van der Waals surface area (Å²) in [6.45, 7) is 0.758. The van der Waals surface area contributed by atoms with Crippen LogP contribution in [0, 0.1) is 5.82 Å². The van der Waals surface area contributed by atoms with Gasteiger partial charge in [-0.1, -0.05) is 24.3 Å². The molecule has 0 radical (unpaired) electrons. The predicted molar refractivity (Wildman–Crippen MR) is 65.7 cm³/mol. The van der Waals surface area contributed by atoms with Gasteiger partial charge in [-0.2, -0.15) is 0 Å². The zero-order valence-electron chi connectivity index (χ0n) is 9.61. The van der Waals surface area contributed by atoms with Crippen LogP contribution in [-0.2, 0) is 6.54 Å². The molecule has 88 valence electrons. The van der Waals surface area contributed by atoms with E-state index in [9.17, 15) is 4.39 Å². The van der Waals surface area contributed by atoms with Crippen LogP contribution in [0.2, 0.25) is 0 Å². The van der Waals surface area contributed by atoms with Gasteiger partial charge in [0.25, 0.3) is 0 Å². The Morgan fingerprint density at radius 3 is 2.71 bits per heavy atom. The van der Waals surface area contributed by atoms with E-state index < -0.39 is 0 Å². The lowest BCUT2D eigenvalue weighted by Crippen LogP contribution is -2.04. The molecule has 17 heavy (non-hydrogen) atoms. The van der Waals surface area contributed by atoms with Crippen LogP contribution in [0.5, 0.6) is 11.5 Å². The summed E-state index contributed by atoms with van der Waals surface area (Å²) in [5, 5.41) is 3.06. The summed E-state index contributed by atoms with van der Waals surface area (Å²) in [4.78, 5) is 0. The Bertz CT molecular complexity index is 499. The van der Waals surface area contributed by atoms with Gasteiger partial charge in [-0.05, 0) is 36.9 Å². The highest BCUT2D eigenvalue weighted by molar-refractivity contribution is 5.34. The molecule has 0 fully saturated rings. The van der Waals surface area contributed by atoms with Gasteiger partial charge in [0, 0.05) is 6.54 Å². The number of hydrogen-bond donors (Lipinski definition) is 1. The van der Waals surface area contributed by atoms with Crippen molar-refractivity contribution < 1.29 is 9.13 Å². The molecule has 0 amide bonds. The van der Waals surface area contributed by atoms with E-state index in [1.165, 1.54) is 6.07 Å². The van der Waals surface area contributed by atoms with Crippen molar-refractivity contribution in [3.05, 3.63) is 59.9 Å². The second-order valence-corrected chi connectivity index (χ2v) is 3.71. The van der Waals surface area contributed by atoms with Gasteiger partial charge >= 0.3 is 0 Å². The maximum Gasteiger partial charge on any atom is 0.165 e. The molecule has 2 aromatic rings. The van der Waals surface area contributed by atoms with Crippen molar-refractivity contribution in [2.75, 3.05) is 7.05 Å². The molecule has 2 aromatic carbocycles. The minimum absolute atomic E-state index is 0.245. The molecule has 0 saturated carbocycles. The first-order valence-electron chi connectivity index (χ1n) is 5.45. The normalized spacial score (nSPS) is 10.2. The van der Waals surface area contributed by atoms with Crippen molar-refractivity contribution in [1.29, 1.82) is 0 Å². The first-order chi connectivity index (χ1) is 8.29. The molecule has 0 aliphatic heterocycles. The van der Waals surface area contributed by atoms with E-state index in [4.69, 9.17) is 4.74 Å². The van der Waals surface area contributed by atoms with Crippen molar-refractivity contribution in [3.63, 3.8) is 0 Å². The lowest BCUT2D eigenvalue weighted by atomic mass is 10.2. The van der Waals surface area contributed by atoms with E-state index in [0.29, 0.717) is 5.75 Å². The monoisotopic (exact) mass is 231 g/mol. The zero-order chi connectivity index (χ0) is 12.1. The summed E-state index contributed by atoms with van der Waals surface area (Å²) >= 11 is 0. The Labute approximate surface area is 100 Å². The number of rotatable bonds is 4. The lowest BCUT2D eigenvalue weighted by Gasteiger charge is -2.08. The summed E-state index contributed by atoms with van der Waals surface area (Å²) in [7, 11) is 1.88. The van der Waals surface area contributed by atoms with E-state index in [1.54, 1.807) is 18.2 Å². The summed E-state index contributed by atoms with van der Waals surface area (Å²) in [5.74, 6) is 0.531.